The molecule has 0 saturated heterocycles. The molecule has 2 aromatic rings. The van der Waals surface area contributed by atoms with Gasteiger partial charge in [0.1, 0.15) is 0 Å². The summed E-state index contributed by atoms with van der Waals surface area (Å²) in [7, 11) is 1.89. The maximum atomic E-state index is 10.4. The highest BCUT2D eigenvalue weighted by atomic mass is 16.3. The highest BCUT2D eigenvalue weighted by molar-refractivity contribution is 5.21. The minimum Gasteiger partial charge on any atom is -0.387 e. The number of hydrogen-bond donors (Lipinski definition) is 2. The van der Waals surface area contributed by atoms with E-state index in [2.05, 4.69) is 17.4 Å². The van der Waals surface area contributed by atoms with E-state index in [1.807, 2.05) is 55.6 Å². The lowest BCUT2D eigenvalue weighted by Crippen LogP contribution is -2.34. The summed E-state index contributed by atoms with van der Waals surface area (Å²) in [5.74, 6) is 0. The highest BCUT2D eigenvalue weighted by Gasteiger charge is 2.19. The Hall–Kier alpha value is -1.64. The van der Waals surface area contributed by atoms with Gasteiger partial charge in [-0.05, 0) is 24.6 Å². The van der Waals surface area contributed by atoms with Crippen molar-refractivity contribution in [1.82, 2.24) is 5.32 Å². The molecule has 2 atom stereocenters. The predicted molar refractivity (Wildman–Crippen MR) is 74.4 cm³/mol. The molecule has 0 saturated carbocycles. The van der Waals surface area contributed by atoms with Crippen LogP contribution >= 0.6 is 0 Å². The van der Waals surface area contributed by atoms with Gasteiger partial charge in [0.05, 0.1) is 6.10 Å². The third kappa shape index (κ3) is 3.19. The van der Waals surface area contributed by atoms with Crippen molar-refractivity contribution >= 4 is 0 Å². The van der Waals surface area contributed by atoms with Gasteiger partial charge < -0.3 is 10.4 Å². The van der Waals surface area contributed by atoms with Crippen molar-refractivity contribution in [3.05, 3.63) is 71.8 Å². The van der Waals surface area contributed by atoms with Gasteiger partial charge >= 0.3 is 0 Å². The molecule has 0 aliphatic heterocycles. The lowest BCUT2D eigenvalue weighted by atomic mass is 9.96. The second-order valence-corrected chi connectivity index (χ2v) is 4.44. The normalized spacial score (nSPS) is 14.1. The first-order valence-electron chi connectivity index (χ1n) is 6.25. The van der Waals surface area contributed by atoms with Crippen molar-refractivity contribution in [3.63, 3.8) is 0 Å². The topological polar surface area (TPSA) is 32.3 Å². The predicted octanol–water partition coefficient (Wildman–Crippen LogP) is 2.55. The van der Waals surface area contributed by atoms with Gasteiger partial charge in [-0.25, -0.2) is 0 Å². The Kier molecular flexibility index (Phi) is 4.51. The smallest absolute Gasteiger partial charge is 0.0946 e. The molecule has 18 heavy (non-hydrogen) atoms. The van der Waals surface area contributed by atoms with E-state index in [4.69, 9.17) is 0 Å². The first-order chi connectivity index (χ1) is 8.81. The Morgan fingerprint density at radius 1 is 0.944 bits per heavy atom. The molecule has 0 aromatic heterocycles. The fraction of sp³-hybridized carbons (Fsp3) is 0.250. The molecule has 2 rings (SSSR count). The zero-order valence-electron chi connectivity index (χ0n) is 10.6. The molecular formula is C16H19NO. The van der Waals surface area contributed by atoms with Crippen LogP contribution in [0.4, 0.5) is 0 Å². The van der Waals surface area contributed by atoms with E-state index in [0.717, 1.165) is 12.0 Å². The van der Waals surface area contributed by atoms with E-state index in [9.17, 15) is 5.11 Å². The quantitative estimate of drug-likeness (QED) is 0.843. The van der Waals surface area contributed by atoms with E-state index in [1.54, 1.807) is 0 Å². The molecule has 0 amide bonds. The molecule has 2 nitrogen and oxygen atoms in total. The van der Waals surface area contributed by atoms with E-state index in [-0.39, 0.29) is 6.04 Å². The van der Waals surface area contributed by atoms with Gasteiger partial charge in [0.25, 0.3) is 0 Å². The molecule has 0 fully saturated rings. The molecule has 0 unspecified atom stereocenters. The summed E-state index contributed by atoms with van der Waals surface area (Å²) in [4.78, 5) is 0. The Morgan fingerprint density at radius 3 is 2.06 bits per heavy atom. The van der Waals surface area contributed by atoms with Gasteiger partial charge in [0.2, 0.25) is 0 Å². The van der Waals surface area contributed by atoms with Gasteiger partial charge in [-0.15, -0.1) is 0 Å². The Balaban J connectivity index is 2.09. The molecule has 0 aliphatic carbocycles. The van der Waals surface area contributed by atoms with Crippen molar-refractivity contribution in [2.75, 3.05) is 7.05 Å². The largest absolute Gasteiger partial charge is 0.387 e. The van der Waals surface area contributed by atoms with Crippen molar-refractivity contribution in [2.24, 2.45) is 0 Å². The third-order valence-electron chi connectivity index (χ3n) is 3.19. The molecule has 2 N–H and O–H groups in total. The first-order valence-corrected chi connectivity index (χ1v) is 6.25. The molecule has 2 heteroatoms. The summed E-state index contributed by atoms with van der Waals surface area (Å²) in [5.41, 5.74) is 2.18. The zero-order chi connectivity index (χ0) is 12.8. The molecule has 0 spiro atoms. The van der Waals surface area contributed by atoms with E-state index in [0.29, 0.717) is 0 Å². The van der Waals surface area contributed by atoms with Crippen LogP contribution in [0.1, 0.15) is 17.2 Å². The van der Waals surface area contributed by atoms with E-state index in [1.165, 1.54) is 5.56 Å². The van der Waals surface area contributed by atoms with Crippen LogP contribution in [0, 0.1) is 0 Å². The lowest BCUT2D eigenvalue weighted by molar-refractivity contribution is 0.132. The van der Waals surface area contributed by atoms with Crippen molar-refractivity contribution in [2.45, 2.75) is 18.6 Å². The molecule has 0 radical (unpaired) electrons. The molecule has 2 aromatic carbocycles. The Morgan fingerprint density at radius 2 is 1.50 bits per heavy atom. The average molecular weight is 241 g/mol. The van der Waals surface area contributed by atoms with Crippen molar-refractivity contribution in [3.8, 4) is 0 Å². The minimum atomic E-state index is -0.489. The van der Waals surface area contributed by atoms with E-state index >= 15 is 0 Å². The molecule has 0 bridgehead atoms. The van der Waals surface area contributed by atoms with E-state index < -0.39 is 6.10 Å². The number of likely N-dealkylation sites (N-methyl/N-ethyl adjacent to an activating group) is 1. The standard InChI is InChI=1S/C16H19NO/c1-17-15(12-13-8-4-2-5-9-13)16(18)14-10-6-3-7-11-14/h2-11,15-18H,12H2,1H3/t15-,16+/m0/s1. The Bertz CT molecular complexity index is 455. The summed E-state index contributed by atoms with van der Waals surface area (Å²) < 4.78 is 0. The molecule has 0 heterocycles. The third-order valence-corrected chi connectivity index (χ3v) is 3.19. The summed E-state index contributed by atoms with van der Waals surface area (Å²) in [6.45, 7) is 0. The average Bonchev–Trinajstić information content (AvgIpc) is 2.46. The maximum Gasteiger partial charge on any atom is 0.0946 e. The van der Waals surface area contributed by atoms with Gasteiger partial charge in [-0.3, -0.25) is 0 Å². The number of hydrogen-bond acceptors (Lipinski definition) is 2. The fourth-order valence-corrected chi connectivity index (χ4v) is 2.12. The van der Waals surface area contributed by atoms with Gasteiger partial charge in [0, 0.05) is 6.04 Å². The van der Waals surface area contributed by atoms with Gasteiger partial charge in [0.15, 0.2) is 0 Å². The number of nitrogens with one attached hydrogen (secondary N) is 1. The minimum absolute atomic E-state index is 0.0230. The van der Waals surface area contributed by atoms with Crippen LogP contribution in [-0.2, 0) is 6.42 Å². The zero-order valence-corrected chi connectivity index (χ0v) is 10.6. The van der Waals surface area contributed by atoms with Crippen LogP contribution in [0.3, 0.4) is 0 Å². The summed E-state index contributed by atoms with van der Waals surface area (Å²) in [6, 6.07) is 20.0. The second kappa shape index (κ2) is 6.34. The van der Waals surface area contributed by atoms with Crippen LogP contribution < -0.4 is 5.32 Å². The van der Waals surface area contributed by atoms with Crippen LogP contribution in [-0.4, -0.2) is 18.2 Å². The number of rotatable bonds is 5. The molecule has 0 aliphatic rings. The van der Waals surface area contributed by atoms with Crippen molar-refractivity contribution < 1.29 is 5.11 Å². The van der Waals surface area contributed by atoms with Crippen LogP contribution in [0.2, 0.25) is 0 Å². The molecular weight excluding hydrogens is 222 g/mol. The van der Waals surface area contributed by atoms with Crippen LogP contribution in [0.15, 0.2) is 60.7 Å². The molecule has 94 valence electrons. The number of benzene rings is 2. The lowest BCUT2D eigenvalue weighted by Gasteiger charge is -2.23. The second-order valence-electron chi connectivity index (χ2n) is 4.44. The highest BCUT2D eigenvalue weighted by Crippen LogP contribution is 2.19. The van der Waals surface area contributed by atoms with Gasteiger partial charge in [-0.2, -0.15) is 0 Å². The maximum absolute atomic E-state index is 10.4. The number of aliphatic hydroxyl groups is 1. The van der Waals surface area contributed by atoms with Crippen LogP contribution in [0.5, 0.6) is 0 Å². The SMILES string of the molecule is CN[C@@H](Cc1ccccc1)[C@H](O)c1ccccc1. The summed E-state index contributed by atoms with van der Waals surface area (Å²) >= 11 is 0. The number of aliphatic hydroxyl groups excluding tert-OH is 1. The summed E-state index contributed by atoms with van der Waals surface area (Å²) in [6.07, 6.45) is 0.323. The first kappa shape index (κ1) is 12.8. The summed E-state index contributed by atoms with van der Waals surface area (Å²) in [5, 5.41) is 13.6. The fourth-order valence-electron chi connectivity index (χ4n) is 2.12. The van der Waals surface area contributed by atoms with Crippen molar-refractivity contribution in [1.29, 1.82) is 0 Å². The monoisotopic (exact) mass is 241 g/mol. The van der Waals surface area contributed by atoms with Crippen LogP contribution in [0.25, 0.3) is 0 Å². The Labute approximate surface area is 108 Å². The van der Waals surface area contributed by atoms with Gasteiger partial charge in [-0.1, -0.05) is 60.7 Å².